The van der Waals surface area contributed by atoms with Gasteiger partial charge in [-0.1, -0.05) is 17.3 Å². The Morgan fingerprint density at radius 3 is 2.61 bits per heavy atom. The van der Waals surface area contributed by atoms with Crippen LogP contribution in [-0.2, 0) is 0 Å². The molecule has 0 saturated carbocycles. The molecule has 3 aromatic rings. The molecule has 0 fully saturated rings. The van der Waals surface area contributed by atoms with E-state index in [4.69, 9.17) is 9.26 Å². The molecule has 0 unspecified atom stereocenters. The zero-order chi connectivity index (χ0) is 20.1. The van der Waals surface area contributed by atoms with Crippen LogP contribution in [0.5, 0.6) is 17.2 Å². The number of halogens is 1. The van der Waals surface area contributed by atoms with Crippen molar-refractivity contribution < 1.29 is 28.7 Å². The molecule has 28 heavy (non-hydrogen) atoms. The molecule has 2 aromatic carbocycles. The number of aromatic nitrogens is 1. The van der Waals surface area contributed by atoms with Crippen LogP contribution in [0.15, 0.2) is 47.0 Å². The Morgan fingerprint density at radius 2 is 1.96 bits per heavy atom. The van der Waals surface area contributed by atoms with Crippen LogP contribution >= 0.6 is 0 Å². The van der Waals surface area contributed by atoms with Crippen molar-refractivity contribution in [2.45, 2.75) is 6.42 Å². The van der Waals surface area contributed by atoms with Crippen LogP contribution in [0.2, 0.25) is 0 Å². The minimum absolute atomic E-state index is 0.0519. The molecule has 1 aromatic heterocycles. The predicted molar refractivity (Wildman–Crippen MR) is 100 cm³/mol. The molecule has 1 amide bonds. The van der Waals surface area contributed by atoms with Gasteiger partial charge in [-0.05, 0) is 29.8 Å². The average Bonchev–Trinajstić information content (AvgIpc) is 3.13. The van der Waals surface area contributed by atoms with Gasteiger partial charge in [-0.15, -0.1) is 0 Å². The number of hydrogen-bond acceptors (Lipinski definition) is 6. The summed E-state index contributed by atoms with van der Waals surface area (Å²) in [5.41, 5.74) is 1.32. The van der Waals surface area contributed by atoms with Gasteiger partial charge in [0.05, 0.1) is 24.4 Å². The number of rotatable bonds is 7. The number of amides is 1. The molecule has 0 aliphatic heterocycles. The molecule has 8 heteroatoms. The molecule has 0 spiro atoms. The number of nitrogens with one attached hydrogen (secondary N) is 1. The third-order valence-electron chi connectivity index (χ3n) is 4.05. The zero-order valence-corrected chi connectivity index (χ0v) is 15.1. The van der Waals surface area contributed by atoms with E-state index in [1.807, 2.05) is 0 Å². The molecule has 3 rings (SSSR count). The van der Waals surface area contributed by atoms with Gasteiger partial charge in [0.2, 0.25) is 0 Å². The first-order chi connectivity index (χ1) is 13.5. The van der Waals surface area contributed by atoms with Crippen molar-refractivity contribution in [3.05, 3.63) is 48.2 Å². The predicted octanol–water partition coefficient (Wildman–Crippen LogP) is 3.52. The Bertz CT molecular complexity index is 969. The summed E-state index contributed by atoms with van der Waals surface area (Å²) < 4.78 is 23.0. The van der Waals surface area contributed by atoms with Crippen molar-refractivity contribution in [2.75, 3.05) is 20.3 Å². The van der Waals surface area contributed by atoms with E-state index in [-0.39, 0.29) is 35.1 Å². The highest BCUT2D eigenvalue weighted by Crippen LogP contribution is 2.40. The normalized spacial score (nSPS) is 10.6. The molecular formula is C20H19FN2O5. The van der Waals surface area contributed by atoms with Crippen LogP contribution in [0.4, 0.5) is 4.39 Å². The number of carbonyl (C=O) groups is 1. The second-order valence-corrected chi connectivity index (χ2v) is 5.93. The molecule has 3 N–H and O–H groups in total. The molecule has 146 valence electrons. The third-order valence-corrected chi connectivity index (χ3v) is 4.05. The van der Waals surface area contributed by atoms with Gasteiger partial charge in [-0.2, -0.15) is 0 Å². The highest BCUT2D eigenvalue weighted by Gasteiger charge is 2.25. The van der Waals surface area contributed by atoms with E-state index in [9.17, 15) is 19.4 Å². The summed E-state index contributed by atoms with van der Waals surface area (Å²) in [6, 6.07) is 10.8. The SMILES string of the molecule is CNC(=O)c1noc(-c2ccc(O)cc2O)c1-c1ccc(OCCC[18F])cc1. The molecule has 0 radical (unpaired) electrons. The summed E-state index contributed by atoms with van der Waals surface area (Å²) in [6.45, 7) is -0.188. The summed E-state index contributed by atoms with van der Waals surface area (Å²) in [6.07, 6.45) is 0.304. The van der Waals surface area contributed by atoms with Crippen LogP contribution in [0.1, 0.15) is 16.9 Å². The largest absolute Gasteiger partial charge is 0.508 e. The Hall–Kier alpha value is -3.55. The van der Waals surface area contributed by atoms with Gasteiger partial charge < -0.3 is 24.8 Å². The lowest BCUT2D eigenvalue weighted by Crippen LogP contribution is -2.19. The van der Waals surface area contributed by atoms with Gasteiger partial charge in [0.25, 0.3) is 5.91 Å². The van der Waals surface area contributed by atoms with Crippen molar-refractivity contribution in [1.82, 2.24) is 10.5 Å². The summed E-state index contributed by atoms with van der Waals surface area (Å²) in [7, 11) is 1.47. The Kier molecular flexibility index (Phi) is 5.78. The molecule has 0 atom stereocenters. The number of alkyl halides is 1. The fraction of sp³-hybridized carbons (Fsp3) is 0.200. The number of hydrogen-bond donors (Lipinski definition) is 3. The maximum Gasteiger partial charge on any atom is 0.273 e. The lowest BCUT2D eigenvalue weighted by atomic mass is 9.98. The lowest BCUT2D eigenvalue weighted by Gasteiger charge is -2.08. The van der Waals surface area contributed by atoms with Gasteiger partial charge in [-0.3, -0.25) is 9.18 Å². The smallest absolute Gasteiger partial charge is 0.273 e. The van der Waals surface area contributed by atoms with E-state index >= 15 is 0 Å². The van der Waals surface area contributed by atoms with E-state index in [1.54, 1.807) is 24.3 Å². The van der Waals surface area contributed by atoms with Crippen LogP contribution in [-0.4, -0.2) is 41.6 Å². The topological polar surface area (TPSA) is 105 Å². The zero-order valence-electron chi connectivity index (χ0n) is 15.1. The maximum atomic E-state index is 12.2. The first-order valence-corrected chi connectivity index (χ1v) is 8.58. The highest BCUT2D eigenvalue weighted by atomic mass is 18.2. The lowest BCUT2D eigenvalue weighted by molar-refractivity contribution is 0.0955. The second-order valence-electron chi connectivity index (χ2n) is 5.93. The summed E-state index contributed by atoms with van der Waals surface area (Å²) in [5, 5.41) is 26.1. The molecule has 0 aliphatic carbocycles. The van der Waals surface area contributed by atoms with Gasteiger partial charge >= 0.3 is 0 Å². The minimum Gasteiger partial charge on any atom is -0.508 e. The van der Waals surface area contributed by atoms with Gasteiger partial charge in [0.15, 0.2) is 11.5 Å². The highest BCUT2D eigenvalue weighted by molar-refractivity contribution is 6.02. The fourth-order valence-corrected chi connectivity index (χ4v) is 2.69. The quantitative estimate of drug-likeness (QED) is 0.538. The summed E-state index contributed by atoms with van der Waals surface area (Å²) >= 11 is 0. The number of nitrogens with zero attached hydrogens (tertiary/aromatic N) is 1. The van der Waals surface area contributed by atoms with E-state index in [0.29, 0.717) is 23.3 Å². The number of phenolic OH excluding ortho intramolecular Hbond substituents is 2. The number of carbonyl (C=O) groups excluding carboxylic acids is 1. The van der Waals surface area contributed by atoms with E-state index < -0.39 is 12.6 Å². The molecule has 0 aliphatic rings. The van der Waals surface area contributed by atoms with Gasteiger partial charge in [0, 0.05) is 19.5 Å². The van der Waals surface area contributed by atoms with Crippen molar-refractivity contribution >= 4 is 5.91 Å². The molecular weight excluding hydrogens is 366 g/mol. The molecule has 1 heterocycles. The second kappa shape index (κ2) is 8.43. The van der Waals surface area contributed by atoms with Crippen molar-refractivity contribution in [3.63, 3.8) is 0 Å². The van der Waals surface area contributed by atoms with Crippen LogP contribution in [0, 0.1) is 0 Å². The van der Waals surface area contributed by atoms with E-state index in [1.165, 1.54) is 25.2 Å². The van der Waals surface area contributed by atoms with Crippen LogP contribution < -0.4 is 10.1 Å². The monoisotopic (exact) mass is 385 g/mol. The van der Waals surface area contributed by atoms with Gasteiger partial charge in [0.1, 0.15) is 17.2 Å². The first kappa shape index (κ1) is 19.2. The van der Waals surface area contributed by atoms with Crippen molar-refractivity contribution in [3.8, 4) is 39.7 Å². The van der Waals surface area contributed by atoms with E-state index in [0.717, 1.165) is 0 Å². The van der Waals surface area contributed by atoms with Crippen LogP contribution in [0.25, 0.3) is 22.5 Å². The third kappa shape index (κ3) is 3.90. The number of ether oxygens (including phenoxy) is 1. The average molecular weight is 385 g/mol. The maximum absolute atomic E-state index is 12.2. The Morgan fingerprint density at radius 1 is 1.21 bits per heavy atom. The Balaban J connectivity index is 2.05. The summed E-state index contributed by atoms with van der Waals surface area (Å²) in [4.78, 5) is 12.2. The minimum atomic E-state index is -0.452. The summed E-state index contributed by atoms with van der Waals surface area (Å²) in [5.74, 6) is -0.0337. The molecule has 0 saturated heterocycles. The number of benzene rings is 2. The number of aromatic hydroxyl groups is 2. The standard InChI is InChI=1S/C20H19FN2O5/c1-22-20(26)18-17(12-3-6-14(7-4-12)27-10-2-9-21)19(28-23-18)15-8-5-13(24)11-16(15)25/h3-8,11,24-25H,2,9-10H2,1H3,(H,22,26)/i21-1. The Labute approximate surface area is 160 Å². The van der Waals surface area contributed by atoms with E-state index in [2.05, 4.69) is 10.5 Å². The van der Waals surface area contributed by atoms with Crippen molar-refractivity contribution in [1.29, 1.82) is 0 Å². The fourth-order valence-electron chi connectivity index (χ4n) is 2.69. The first-order valence-electron chi connectivity index (χ1n) is 8.58. The molecule has 7 nitrogen and oxygen atoms in total. The number of phenols is 2. The van der Waals surface area contributed by atoms with Gasteiger partial charge in [-0.25, -0.2) is 0 Å². The van der Waals surface area contributed by atoms with Crippen LogP contribution in [0.3, 0.4) is 0 Å². The van der Waals surface area contributed by atoms with Crippen molar-refractivity contribution in [2.24, 2.45) is 0 Å². The molecule has 0 bridgehead atoms.